The molecule has 4 nitrogen and oxygen atoms in total. The highest BCUT2D eigenvalue weighted by molar-refractivity contribution is 5.39. The second-order valence-corrected chi connectivity index (χ2v) is 4.62. The lowest BCUT2D eigenvalue weighted by Crippen LogP contribution is -2.31. The third-order valence-electron chi connectivity index (χ3n) is 3.03. The van der Waals surface area contributed by atoms with E-state index in [0.29, 0.717) is 12.1 Å². The Morgan fingerprint density at radius 3 is 2.87 bits per heavy atom. The van der Waals surface area contributed by atoms with Gasteiger partial charge in [-0.05, 0) is 20.3 Å². The molecule has 0 spiro atoms. The summed E-state index contributed by atoms with van der Waals surface area (Å²) in [5, 5.41) is 7.67. The Morgan fingerprint density at radius 1 is 1.53 bits per heavy atom. The molecule has 0 saturated carbocycles. The fraction of sp³-hybridized carbons (Fsp3) is 0.727. The summed E-state index contributed by atoms with van der Waals surface area (Å²) >= 11 is 0. The molecule has 0 aromatic carbocycles. The SMILES string of the molecule is CC(C)N1CCC(Nc2cnn(C)c2)C1. The smallest absolute Gasteiger partial charge is 0.0728 e. The van der Waals surface area contributed by atoms with Crippen molar-refractivity contribution in [2.24, 2.45) is 7.05 Å². The highest BCUT2D eigenvalue weighted by Gasteiger charge is 2.23. The minimum Gasteiger partial charge on any atom is -0.378 e. The molecule has 84 valence electrons. The molecule has 1 atom stereocenters. The summed E-state index contributed by atoms with van der Waals surface area (Å²) in [4.78, 5) is 2.51. The Kier molecular flexibility index (Phi) is 2.95. The zero-order chi connectivity index (χ0) is 10.8. The number of rotatable bonds is 3. The minimum atomic E-state index is 0.580. The van der Waals surface area contributed by atoms with Crippen molar-refractivity contribution < 1.29 is 0 Å². The van der Waals surface area contributed by atoms with Gasteiger partial charge in [0.2, 0.25) is 0 Å². The van der Waals surface area contributed by atoms with E-state index in [2.05, 4.69) is 29.2 Å². The van der Waals surface area contributed by atoms with Gasteiger partial charge in [0.25, 0.3) is 0 Å². The molecule has 0 amide bonds. The van der Waals surface area contributed by atoms with Crippen molar-refractivity contribution in [1.29, 1.82) is 0 Å². The average molecular weight is 208 g/mol. The number of nitrogens with one attached hydrogen (secondary N) is 1. The van der Waals surface area contributed by atoms with Crippen molar-refractivity contribution in [3.05, 3.63) is 12.4 Å². The van der Waals surface area contributed by atoms with Crippen LogP contribution >= 0.6 is 0 Å². The number of likely N-dealkylation sites (tertiary alicyclic amines) is 1. The van der Waals surface area contributed by atoms with Crippen LogP contribution in [0.4, 0.5) is 5.69 Å². The van der Waals surface area contributed by atoms with E-state index in [-0.39, 0.29) is 0 Å². The standard InChI is InChI=1S/C11H20N4/c1-9(2)15-5-4-10(8-15)13-11-6-12-14(3)7-11/h6-7,9-10,13H,4-5,8H2,1-3H3. The highest BCUT2D eigenvalue weighted by Crippen LogP contribution is 2.16. The summed E-state index contributed by atoms with van der Waals surface area (Å²) in [5.41, 5.74) is 1.13. The normalized spacial score (nSPS) is 22.5. The summed E-state index contributed by atoms with van der Waals surface area (Å²) < 4.78 is 1.83. The molecule has 0 bridgehead atoms. The van der Waals surface area contributed by atoms with E-state index in [1.807, 2.05) is 24.1 Å². The zero-order valence-corrected chi connectivity index (χ0v) is 9.77. The Bertz CT molecular complexity index is 318. The van der Waals surface area contributed by atoms with Gasteiger partial charge in [0, 0.05) is 38.4 Å². The molecule has 0 radical (unpaired) electrons. The lowest BCUT2D eigenvalue weighted by molar-refractivity contribution is 0.274. The van der Waals surface area contributed by atoms with E-state index in [4.69, 9.17) is 0 Å². The topological polar surface area (TPSA) is 33.1 Å². The Balaban J connectivity index is 1.87. The van der Waals surface area contributed by atoms with Gasteiger partial charge < -0.3 is 5.32 Å². The molecule has 4 heteroatoms. The zero-order valence-electron chi connectivity index (χ0n) is 9.77. The fourth-order valence-electron chi connectivity index (χ4n) is 2.11. The molecule has 15 heavy (non-hydrogen) atoms. The molecule has 1 aliphatic rings. The van der Waals surface area contributed by atoms with Crippen molar-refractivity contribution in [3.63, 3.8) is 0 Å². The lowest BCUT2D eigenvalue weighted by atomic mass is 10.2. The number of anilines is 1. The van der Waals surface area contributed by atoms with Crippen molar-refractivity contribution >= 4 is 5.69 Å². The maximum atomic E-state index is 4.15. The second kappa shape index (κ2) is 4.23. The number of hydrogen-bond donors (Lipinski definition) is 1. The molecule has 1 fully saturated rings. The first-order chi connectivity index (χ1) is 7.15. The van der Waals surface area contributed by atoms with Gasteiger partial charge in [-0.15, -0.1) is 0 Å². The first kappa shape index (κ1) is 10.5. The van der Waals surface area contributed by atoms with Gasteiger partial charge in [-0.3, -0.25) is 9.58 Å². The van der Waals surface area contributed by atoms with Crippen molar-refractivity contribution in [1.82, 2.24) is 14.7 Å². The summed E-state index contributed by atoms with van der Waals surface area (Å²) in [6.07, 6.45) is 5.14. The van der Waals surface area contributed by atoms with Crippen LogP contribution in [0.2, 0.25) is 0 Å². The van der Waals surface area contributed by atoms with Crippen LogP contribution in [-0.4, -0.2) is 39.9 Å². The molecule has 1 aliphatic heterocycles. The van der Waals surface area contributed by atoms with E-state index >= 15 is 0 Å². The van der Waals surface area contributed by atoms with Gasteiger partial charge in [-0.25, -0.2) is 0 Å². The third kappa shape index (κ3) is 2.50. The second-order valence-electron chi connectivity index (χ2n) is 4.62. The number of aromatic nitrogens is 2. The number of hydrogen-bond acceptors (Lipinski definition) is 3. The lowest BCUT2D eigenvalue weighted by Gasteiger charge is -2.20. The van der Waals surface area contributed by atoms with Gasteiger partial charge in [0.05, 0.1) is 11.9 Å². The maximum absolute atomic E-state index is 4.15. The van der Waals surface area contributed by atoms with Gasteiger partial charge in [0.15, 0.2) is 0 Å². The van der Waals surface area contributed by atoms with Gasteiger partial charge >= 0.3 is 0 Å². The Hall–Kier alpha value is -1.03. The van der Waals surface area contributed by atoms with E-state index in [1.54, 1.807) is 0 Å². The van der Waals surface area contributed by atoms with Crippen molar-refractivity contribution in [2.75, 3.05) is 18.4 Å². The summed E-state index contributed by atoms with van der Waals surface area (Å²) in [5.74, 6) is 0. The predicted octanol–water partition coefficient (Wildman–Crippen LogP) is 1.31. The average Bonchev–Trinajstić information content (AvgIpc) is 2.76. The first-order valence-corrected chi connectivity index (χ1v) is 5.64. The van der Waals surface area contributed by atoms with E-state index in [1.165, 1.54) is 13.0 Å². The predicted molar refractivity (Wildman–Crippen MR) is 61.9 cm³/mol. The molecule has 1 unspecified atom stereocenters. The van der Waals surface area contributed by atoms with Crippen LogP contribution in [0.25, 0.3) is 0 Å². The van der Waals surface area contributed by atoms with Crippen LogP contribution in [0.1, 0.15) is 20.3 Å². The van der Waals surface area contributed by atoms with Gasteiger partial charge in [-0.2, -0.15) is 5.10 Å². The highest BCUT2D eigenvalue weighted by atomic mass is 15.3. The number of nitrogens with zero attached hydrogens (tertiary/aromatic N) is 3. The van der Waals surface area contributed by atoms with Crippen LogP contribution in [0, 0.1) is 0 Å². The van der Waals surface area contributed by atoms with Crippen LogP contribution < -0.4 is 5.32 Å². The molecular weight excluding hydrogens is 188 g/mol. The first-order valence-electron chi connectivity index (χ1n) is 5.64. The molecular formula is C11H20N4. The summed E-state index contributed by atoms with van der Waals surface area (Å²) in [6, 6.07) is 1.24. The quantitative estimate of drug-likeness (QED) is 0.813. The van der Waals surface area contributed by atoms with Crippen LogP contribution in [0.5, 0.6) is 0 Å². The molecule has 1 N–H and O–H groups in total. The Labute approximate surface area is 91.3 Å². The van der Waals surface area contributed by atoms with Crippen molar-refractivity contribution in [3.8, 4) is 0 Å². The Morgan fingerprint density at radius 2 is 2.33 bits per heavy atom. The molecule has 0 aliphatic carbocycles. The van der Waals surface area contributed by atoms with Gasteiger partial charge in [-0.1, -0.05) is 0 Å². The van der Waals surface area contributed by atoms with E-state index < -0.39 is 0 Å². The fourth-order valence-corrected chi connectivity index (χ4v) is 2.11. The summed E-state index contributed by atoms with van der Waals surface area (Å²) in [6.45, 7) is 6.86. The largest absolute Gasteiger partial charge is 0.378 e. The van der Waals surface area contributed by atoms with Crippen molar-refractivity contribution in [2.45, 2.75) is 32.4 Å². The molecule has 2 rings (SSSR count). The van der Waals surface area contributed by atoms with Crippen LogP contribution in [0.3, 0.4) is 0 Å². The molecule has 1 aromatic rings. The third-order valence-corrected chi connectivity index (χ3v) is 3.03. The number of aryl methyl sites for hydroxylation is 1. The molecule has 1 saturated heterocycles. The van der Waals surface area contributed by atoms with Gasteiger partial charge in [0.1, 0.15) is 0 Å². The molecule has 1 aromatic heterocycles. The van der Waals surface area contributed by atoms with E-state index in [9.17, 15) is 0 Å². The monoisotopic (exact) mass is 208 g/mol. The van der Waals surface area contributed by atoms with Crippen LogP contribution in [-0.2, 0) is 7.05 Å². The summed E-state index contributed by atoms with van der Waals surface area (Å²) in [7, 11) is 1.94. The molecule has 2 heterocycles. The maximum Gasteiger partial charge on any atom is 0.0728 e. The van der Waals surface area contributed by atoms with E-state index in [0.717, 1.165) is 12.2 Å². The van der Waals surface area contributed by atoms with Crippen LogP contribution in [0.15, 0.2) is 12.4 Å². The minimum absolute atomic E-state index is 0.580.